The fourth-order valence-electron chi connectivity index (χ4n) is 2.51. The average Bonchev–Trinajstić information content (AvgIpc) is 2.42. The van der Waals surface area contributed by atoms with Crippen molar-refractivity contribution in [2.75, 3.05) is 33.4 Å². The van der Waals surface area contributed by atoms with Gasteiger partial charge in [-0.2, -0.15) is 0 Å². The van der Waals surface area contributed by atoms with Crippen LogP contribution in [-0.2, 0) is 14.3 Å². The van der Waals surface area contributed by atoms with Gasteiger partial charge >= 0.3 is 0 Å². The third kappa shape index (κ3) is 4.47. The van der Waals surface area contributed by atoms with Gasteiger partial charge in [0.1, 0.15) is 5.41 Å². The van der Waals surface area contributed by atoms with E-state index in [1.807, 2.05) is 4.90 Å². The molecule has 0 spiro atoms. The third-order valence-corrected chi connectivity index (χ3v) is 3.86. The van der Waals surface area contributed by atoms with Crippen LogP contribution in [-0.4, -0.2) is 50.1 Å². The molecule has 5 nitrogen and oxygen atoms in total. The quantitative estimate of drug-likeness (QED) is 0.593. The lowest BCUT2D eigenvalue weighted by atomic mass is 9.88. The zero-order valence-electron chi connectivity index (χ0n) is 13.2. The van der Waals surface area contributed by atoms with Gasteiger partial charge in [0, 0.05) is 33.4 Å². The maximum absolute atomic E-state index is 12.5. The monoisotopic (exact) mass is 284 g/mol. The number of nitrogens with one attached hydrogen (secondary N) is 1. The summed E-state index contributed by atoms with van der Waals surface area (Å²) in [7, 11) is 1.63. The fourth-order valence-corrected chi connectivity index (χ4v) is 2.51. The molecule has 0 aromatic carbocycles. The van der Waals surface area contributed by atoms with E-state index in [1.165, 1.54) is 0 Å². The van der Waals surface area contributed by atoms with Crippen molar-refractivity contribution in [1.82, 2.24) is 10.2 Å². The van der Waals surface area contributed by atoms with E-state index in [0.29, 0.717) is 19.1 Å². The maximum Gasteiger partial charge on any atom is 0.237 e. The predicted molar refractivity (Wildman–Crippen MR) is 78.3 cm³/mol. The molecule has 0 saturated carbocycles. The number of ether oxygens (including phenoxy) is 1. The Hall–Kier alpha value is -1.10. The molecule has 1 aliphatic heterocycles. The fraction of sp³-hybridized carbons (Fsp3) is 0.867. The lowest BCUT2D eigenvalue weighted by Crippen LogP contribution is -2.52. The smallest absolute Gasteiger partial charge is 0.237 e. The summed E-state index contributed by atoms with van der Waals surface area (Å²) in [6, 6.07) is 0. The maximum atomic E-state index is 12.5. The summed E-state index contributed by atoms with van der Waals surface area (Å²) in [4.78, 5) is 26.6. The number of hydrogen-bond donors (Lipinski definition) is 1. The van der Waals surface area contributed by atoms with Gasteiger partial charge in [-0.05, 0) is 39.0 Å². The van der Waals surface area contributed by atoms with Crippen LogP contribution in [0.25, 0.3) is 0 Å². The standard InChI is InChI=1S/C15H28N2O3/c1-12-7-5-9-17(11-12)14(19)15(2,3)13(18)16-8-6-10-20-4/h12H,5-11H2,1-4H3,(H,16,18). The summed E-state index contributed by atoms with van der Waals surface area (Å²) in [5.41, 5.74) is -0.996. The Labute approximate surface area is 122 Å². The van der Waals surface area contributed by atoms with Crippen LogP contribution in [0.5, 0.6) is 0 Å². The van der Waals surface area contributed by atoms with E-state index in [1.54, 1.807) is 21.0 Å². The Bertz CT molecular complexity index is 342. The number of amides is 2. The van der Waals surface area contributed by atoms with Crippen LogP contribution < -0.4 is 5.32 Å². The first-order valence-corrected chi connectivity index (χ1v) is 7.46. The molecule has 1 saturated heterocycles. The molecular weight excluding hydrogens is 256 g/mol. The Morgan fingerprint density at radius 2 is 2.10 bits per heavy atom. The number of hydrogen-bond acceptors (Lipinski definition) is 3. The molecule has 116 valence electrons. The van der Waals surface area contributed by atoms with Crippen molar-refractivity contribution < 1.29 is 14.3 Å². The van der Waals surface area contributed by atoms with Crippen molar-refractivity contribution in [2.24, 2.45) is 11.3 Å². The number of rotatable bonds is 6. The summed E-state index contributed by atoms with van der Waals surface area (Å²) < 4.78 is 4.94. The van der Waals surface area contributed by atoms with Gasteiger partial charge in [-0.25, -0.2) is 0 Å². The highest BCUT2D eigenvalue weighted by Gasteiger charge is 2.39. The molecule has 20 heavy (non-hydrogen) atoms. The molecule has 0 aliphatic carbocycles. The van der Waals surface area contributed by atoms with Crippen LogP contribution in [0, 0.1) is 11.3 Å². The van der Waals surface area contributed by atoms with Crippen molar-refractivity contribution in [3.8, 4) is 0 Å². The molecule has 0 aromatic heterocycles. The second-order valence-electron chi connectivity index (χ2n) is 6.23. The second-order valence-corrected chi connectivity index (χ2v) is 6.23. The van der Waals surface area contributed by atoms with Crippen molar-refractivity contribution in [3.63, 3.8) is 0 Å². The number of methoxy groups -OCH3 is 1. The predicted octanol–water partition coefficient (Wildman–Crippen LogP) is 1.42. The van der Waals surface area contributed by atoms with Crippen LogP contribution in [0.2, 0.25) is 0 Å². The van der Waals surface area contributed by atoms with Crippen LogP contribution in [0.4, 0.5) is 0 Å². The molecule has 0 bridgehead atoms. The highest BCUT2D eigenvalue weighted by atomic mass is 16.5. The van der Waals surface area contributed by atoms with Crippen LogP contribution in [0.15, 0.2) is 0 Å². The normalized spacial score (nSPS) is 19.8. The molecule has 1 unspecified atom stereocenters. The number of likely N-dealkylation sites (tertiary alicyclic amines) is 1. The highest BCUT2D eigenvalue weighted by molar-refractivity contribution is 6.04. The number of carbonyl (C=O) groups is 2. The molecular formula is C15H28N2O3. The van der Waals surface area contributed by atoms with Crippen molar-refractivity contribution in [3.05, 3.63) is 0 Å². The van der Waals surface area contributed by atoms with E-state index >= 15 is 0 Å². The summed E-state index contributed by atoms with van der Waals surface area (Å²) in [6.07, 6.45) is 2.94. The number of nitrogens with zero attached hydrogens (tertiary/aromatic N) is 1. The Balaban J connectivity index is 2.52. The molecule has 1 heterocycles. The molecule has 5 heteroatoms. The van der Waals surface area contributed by atoms with Gasteiger partial charge in [0.25, 0.3) is 0 Å². The summed E-state index contributed by atoms with van der Waals surface area (Å²) in [6.45, 7) is 8.25. The van der Waals surface area contributed by atoms with Crippen LogP contribution in [0.1, 0.15) is 40.0 Å². The first kappa shape index (κ1) is 17.0. The number of carbonyl (C=O) groups excluding carboxylic acids is 2. The first-order valence-electron chi connectivity index (χ1n) is 7.46. The summed E-state index contributed by atoms with van der Waals surface area (Å²) in [5.74, 6) is 0.262. The lowest BCUT2D eigenvalue weighted by Gasteiger charge is -2.36. The average molecular weight is 284 g/mol. The molecule has 1 N–H and O–H groups in total. The highest BCUT2D eigenvalue weighted by Crippen LogP contribution is 2.24. The van der Waals surface area contributed by atoms with Gasteiger partial charge < -0.3 is 15.0 Å². The largest absolute Gasteiger partial charge is 0.385 e. The second kappa shape index (κ2) is 7.62. The minimum absolute atomic E-state index is 0.0618. The minimum Gasteiger partial charge on any atom is -0.385 e. The lowest BCUT2D eigenvalue weighted by molar-refractivity contribution is -0.149. The summed E-state index contributed by atoms with van der Waals surface area (Å²) in [5, 5.41) is 2.82. The van der Waals surface area contributed by atoms with Gasteiger partial charge in [0.15, 0.2) is 0 Å². The van der Waals surface area contributed by atoms with Crippen LogP contribution >= 0.6 is 0 Å². The Morgan fingerprint density at radius 3 is 2.70 bits per heavy atom. The molecule has 2 amide bonds. The van der Waals surface area contributed by atoms with Gasteiger partial charge in [-0.1, -0.05) is 6.92 Å². The molecule has 1 fully saturated rings. The molecule has 1 rings (SSSR count). The Kier molecular flexibility index (Phi) is 6.46. The van der Waals surface area contributed by atoms with Crippen molar-refractivity contribution in [1.29, 1.82) is 0 Å². The molecule has 1 aliphatic rings. The molecule has 0 aromatic rings. The van der Waals surface area contributed by atoms with E-state index < -0.39 is 5.41 Å². The van der Waals surface area contributed by atoms with Gasteiger partial charge in [0.2, 0.25) is 11.8 Å². The van der Waals surface area contributed by atoms with E-state index in [-0.39, 0.29) is 11.8 Å². The third-order valence-electron chi connectivity index (χ3n) is 3.86. The zero-order chi connectivity index (χ0) is 15.2. The van der Waals surface area contributed by atoms with E-state index in [2.05, 4.69) is 12.2 Å². The first-order chi connectivity index (χ1) is 9.39. The molecule has 0 radical (unpaired) electrons. The number of piperidine rings is 1. The van der Waals surface area contributed by atoms with Crippen molar-refractivity contribution >= 4 is 11.8 Å². The van der Waals surface area contributed by atoms with Gasteiger partial charge in [0.05, 0.1) is 0 Å². The minimum atomic E-state index is -0.996. The van der Waals surface area contributed by atoms with E-state index in [9.17, 15) is 9.59 Å². The van der Waals surface area contributed by atoms with Crippen LogP contribution in [0.3, 0.4) is 0 Å². The van der Waals surface area contributed by atoms with E-state index in [0.717, 1.165) is 32.4 Å². The van der Waals surface area contributed by atoms with E-state index in [4.69, 9.17) is 4.74 Å². The Morgan fingerprint density at radius 1 is 1.40 bits per heavy atom. The SMILES string of the molecule is COCCCNC(=O)C(C)(C)C(=O)N1CCCC(C)C1. The van der Waals surface area contributed by atoms with Gasteiger partial charge in [-0.3, -0.25) is 9.59 Å². The van der Waals surface area contributed by atoms with Gasteiger partial charge in [-0.15, -0.1) is 0 Å². The van der Waals surface area contributed by atoms with Crippen molar-refractivity contribution in [2.45, 2.75) is 40.0 Å². The zero-order valence-corrected chi connectivity index (χ0v) is 13.2. The summed E-state index contributed by atoms with van der Waals surface area (Å²) >= 11 is 0. The molecule has 1 atom stereocenters. The topological polar surface area (TPSA) is 58.6 Å².